The van der Waals surface area contributed by atoms with E-state index >= 15 is 0 Å². The number of rotatable bonds is 6. The van der Waals surface area contributed by atoms with E-state index in [4.69, 9.17) is 15.0 Å². The third-order valence-corrected chi connectivity index (χ3v) is 4.58. The zero-order valence-electron chi connectivity index (χ0n) is 12.9. The monoisotopic (exact) mass is 281 g/mol. The van der Waals surface area contributed by atoms with E-state index in [1.165, 1.54) is 0 Å². The molecule has 0 saturated heterocycles. The molecule has 2 rings (SSSR count). The van der Waals surface area contributed by atoms with Crippen molar-refractivity contribution in [2.75, 3.05) is 13.7 Å². The molecule has 0 bridgehead atoms. The van der Waals surface area contributed by atoms with Crippen LogP contribution in [0.15, 0.2) is 4.52 Å². The molecule has 0 aromatic carbocycles. The Morgan fingerprint density at radius 2 is 2.15 bits per heavy atom. The van der Waals surface area contributed by atoms with Gasteiger partial charge in [-0.3, -0.25) is 0 Å². The summed E-state index contributed by atoms with van der Waals surface area (Å²) in [5, 5.41) is 4.19. The van der Waals surface area contributed by atoms with Crippen molar-refractivity contribution in [2.45, 2.75) is 63.9 Å². The van der Waals surface area contributed by atoms with Gasteiger partial charge >= 0.3 is 0 Å². The van der Waals surface area contributed by atoms with Crippen molar-refractivity contribution >= 4 is 0 Å². The smallest absolute Gasteiger partial charge is 0.229 e. The second-order valence-corrected chi connectivity index (χ2v) is 6.17. The number of hydrogen-bond donors (Lipinski definition) is 1. The van der Waals surface area contributed by atoms with Crippen molar-refractivity contribution in [1.82, 2.24) is 10.1 Å². The van der Waals surface area contributed by atoms with Crippen molar-refractivity contribution < 1.29 is 9.26 Å². The average Bonchev–Trinajstić information content (AvgIpc) is 2.96. The highest BCUT2D eigenvalue weighted by atomic mass is 16.5. The highest BCUT2D eigenvalue weighted by Crippen LogP contribution is 2.41. The lowest BCUT2D eigenvalue weighted by Crippen LogP contribution is -2.34. The average molecular weight is 281 g/mol. The zero-order valence-corrected chi connectivity index (χ0v) is 12.9. The van der Waals surface area contributed by atoms with Crippen LogP contribution < -0.4 is 5.73 Å². The molecule has 1 aliphatic rings. The van der Waals surface area contributed by atoms with Crippen LogP contribution in [0.4, 0.5) is 0 Å². The van der Waals surface area contributed by atoms with E-state index in [0.29, 0.717) is 12.4 Å². The van der Waals surface area contributed by atoms with E-state index in [2.05, 4.69) is 24.0 Å². The van der Waals surface area contributed by atoms with Crippen LogP contribution in [0.5, 0.6) is 0 Å². The molecule has 1 unspecified atom stereocenters. The molecule has 1 aromatic heterocycles. The SMILES string of the molecule is COC1(c2noc(C(C)CCCN)n2)CCC(C)CC1. The number of nitrogens with zero attached hydrogens (tertiary/aromatic N) is 2. The largest absolute Gasteiger partial charge is 0.370 e. The molecule has 5 nitrogen and oxygen atoms in total. The highest BCUT2D eigenvalue weighted by Gasteiger charge is 2.40. The summed E-state index contributed by atoms with van der Waals surface area (Å²) in [6, 6.07) is 0. The Kier molecular flexibility index (Phi) is 5.16. The quantitative estimate of drug-likeness (QED) is 0.867. The first-order valence-corrected chi connectivity index (χ1v) is 7.70. The van der Waals surface area contributed by atoms with Gasteiger partial charge in [-0.1, -0.05) is 19.0 Å². The van der Waals surface area contributed by atoms with Gasteiger partial charge in [-0.15, -0.1) is 0 Å². The second kappa shape index (κ2) is 6.68. The fourth-order valence-electron chi connectivity index (χ4n) is 2.92. The number of methoxy groups -OCH3 is 1. The van der Waals surface area contributed by atoms with Crippen LogP contribution in [-0.4, -0.2) is 23.8 Å². The van der Waals surface area contributed by atoms with Crippen LogP contribution in [0.3, 0.4) is 0 Å². The Morgan fingerprint density at radius 1 is 1.45 bits per heavy atom. The molecule has 0 aliphatic heterocycles. The molecule has 1 aliphatic carbocycles. The topological polar surface area (TPSA) is 74.2 Å². The van der Waals surface area contributed by atoms with Gasteiger partial charge in [-0.2, -0.15) is 4.98 Å². The van der Waals surface area contributed by atoms with Crippen molar-refractivity contribution in [3.63, 3.8) is 0 Å². The van der Waals surface area contributed by atoms with Crippen molar-refractivity contribution in [3.05, 3.63) is 11.7 Å². The summed E-state index contributed by atoms with van der Waals surface area (Å²) in [4.78, 5) is 4.61. The van der Waals surface area contributed by atoms with Gasteiger partial charge in [0.25, 0.3) is 0 Å². The van der Waals surface area contributed by atoms with Crippen LogP contribution >= 0.6 is 0 Å². The standard InChI is InChI=1S/C15H27N3O2/c1-11-6-8-15(19-3,9-7-11)14-17-13(20-18-14)12(2)5-4-10-16/h11-12H,4-10,16H2,1-3H3. The highest BCUT2D eigenvalue weighted by molar-refractivity contribution is 5.05. The van der Waals surface area contributed by atoms with E-state index < -0.39 is 0 Å². The van der Waals surface area contributed by atoms with Crippen LogP contribution in [0.1, 0.15) is 70.0 Å². The van der Waals surface area contributed by atoms with E-state index in [1.807, 2.05) is 0 Å². The molecule has 1 saturated carbocycles. The molecule has 0 spiro atoms. The first-order valence-electron chi connectivity index (χ1n) is 7.70. The number of ether oxygens (including phenoxy) is 1. The number of nitrogens with two attached hydrogens (primary N) is 1. The van der Waals surface area contributed by atoms with Gasteiger partial charge in [-0.25, -0.2) is 0 Å². The molecular formula is C15H27N3O2. The van der Waals surface area contributed by atoms with Crippen molar-refractivity contribution in [3.8, 4) is 0 Å². The maximum Gasteiger partial charge on any atom is 0.229 e. The third kappa shape index (κ3) is 3.20. The zero-order chi connectivity index (χ0) is 14.6. The second-order valence-electron chi connectivity index (χ2n) is 6.17. The molecule has 114 valence electrons. The Balaban J connectivity index is 2.10. The van der Waals surface area contributed by atoms with E-state index in [1.54, 1.807) is 7.11 Å². The van der Waals surface area contributed by atoms with Crippen molar-refractivity contribution in [1.29, 1.82) is 0 Å². The fourth-order valence-corrected chi connectivity index (χ4v) is 2.92. The third-order valence-electron chi connectivity index (χ3n) is 4.58. The van der Waals surface area contributed by atoms with Gasteiger partial charge in [0.05, 0.1) is 0 Å². The van der Waals surface area contributed by atoms with Gasteiger partial charge in [0.1, 0.15) is 5.60 Å². The summed E-state index contributed by atoms with van der Waals surface area (Å²) >= 11 is 0. The Morgan fingerprint density at radius 3 is 2.75 bits per heavy atom. The summed E-state index contributed by atoms with van der Waals surface area (Å²) in [6.45, 7) is 5.09. The Bertz CT molecular complexity index is 411. The predicted octanol–water partition coefficient (Wildman–Crippen LogP) is 2.96. The lowest BCUT2D eigenvalue weighted by atomic mass is 9.79. The summed E-state index contributed by atoms with van der Waals surface area (Å²) < 4.78 is 11.2. The lowest BCUT2D eigenvalue weighted by molar-refractivity contribution is -0.0609. The Hall–Kier alpha value is -0.940. The molecule has 0 amide bonds. The van der Waals surface area contributed by atoms with Crippen LogP contribution in [0, 0.1) is 5.92 Å². The molecular weight excluding hydrogens is 254 g/mol. The Labute approximate surface area is 121 Å². The first kappa shape index (κ1) is 15.4. The minimum atomic E-state index is -0.345. The normalized spacial score (nSPS) is 28.5. The van der Waals surface area contributed by atoms with E-state index in [-0.39, 0.29) is 11.5 Å². The number of aromatic nitrogens is 2. The predicted molar refractivity (Wildman–Crippen MR) is 77.3 cm³/mol. The molecule has 1 fully saturated rings. The van der Waals surface area contributed by atoms with Gasteiger partial charge in [-0.05, 0) is 51.0 Å². The molecule has 2 N–H and O–H groups in total. The fraction of sp³-hybridized carbons (Fsp3) is 0.867. The van der Waals surface area contributed by atoms with Crippen LogP contribution in [-0.2, 0) is 10.3 Å². The molecule has 20 heavy (non-hydrogen) atoms. The van der Waals surface area contributed by atoms with Gasteiger partial charge in [0.15, 0.2) is 0 Å². The van der Waals surface area contributed by atoms with Crippen LogP contribution in [0.2, 0.25) is 0 Å². The van der Waals surface area contributed by atoms with Gasteiger partial charge < -0.3 is 15.0 Å². The molecule has 1 heterocycles. The minimum absolute atomic E-state index is 0.260. The molecule has 1 aromatic rings. The van der Waals surface area contributed by atoms with E-state index in [0.717, 1.165) is 50.3 Å². The minimum Gasteiger partial charge on any atom is -0.370 e. The maximum atomic E-state index is 5.78. The van der Waals surface area contributed by atoms with Gasteiger partial charge in [0, 0.05) is 13.0 Å². The molecule has 1 atom stereocenters. The summed E-state index contributed by atoms with van der Waals surface area (Å²) in [7, 11) is 1.75. The van der Waals surface area contributed by atoms with Gasteiger partial charge in [0.2, 0.25) is 11.7 Å². The molecule has 5 heteroatoms. The van der Waals surface area contributed by atoms with Crippen molar-refractivity contribution in [2.24, 2.45) is 11.7 Å². The lowest BCUT2D eigenvalue weighted by Gasteiger charge is -2.35. The van der Waals surface area contributed by atoms with Crippen LogP contribution in [0.25, 0.3) is 0 Å². The summed E-state index contributed by atoms with van der Waals surface area (Å²) in [6.07, 6.45) is 6.21. The van der Waals surface area contributed by atoms with E-state index in [9.17, 15) is 0 Å². The first-order chi connectivity index (χ1) is 9.61. The maximum absolute atomic E-state index is 5.78. The summed E-state index contributed by atoms with van der Waals surface area (Å²) in [5.74, 6) is 2.45. The summed E-state index contributed by atoms with van der Waals surface area (Å²) in [5.41, 5.74) is 5.20. The number of hydrogen-bond acceptors (Lipinski definition) is 5. The molecule has 0 radical (unpaired) electrons.